The summed E-state index contributed by atoms with van der Waals surface area (Å²) < 4.78 is 2.46. The Kier molecular flexibility index (Phi) is 4.34. The van der Waals surface area contributed by atoms with Gasteiger partial charge in [0.15, 0.2) is 4.77 Å². The number of carbonyl (C=O) groups excluding carboxylic acids is 1. The molecule has 1 aromatic heterocycles. The summed E-state index contributed by atoms with van der Waals surface area (Å²) in [4.78, 5) is 12.4. The molecule has 4 saturated carbocycles. The summed E-state index contributed by atoms with van der Waals surface area (Å²) in [7, 11) is 1.89. The molecule has 136 valence electrons. The fourth-order valence-electron chi connectivity index (χ4n) is 5.90. The highest BCUT2D eigenvalue weighted by atomic mass is 32.1. The molecule has 2 N–H and O–H groups in total. The van der Waals surface area contributed by atoms with Crippen LogP contribution in [0.4, 0.5) is 0 Å². The van der Waals surface area contributed by atoms with E-state index in [1.807, 2.05) is 17.7 Å². The predicted molar refractivity (Wildman–Crippen MR) is 99.5 cm³/mol. The Morgan fingerprint density at radius 1 is 1.32 bits per heavy atom. The molecule has 4 aliphatic carbocycles. The van der Waals surface area contributed by atoms with E-state index in [0.29, 0.717) is 23.2 Å². The number of nitrogens with zero attached hydrogens (tertiary/aromatic N) is 2. The summed E-state index contributed by atoms with van der Waals surface area (Å²) in [6.07, 6.45) is 10.8. The zero-order valence-electron chi connectivity index (χ0n) is 15.2. The molecule has 4 bridgehead atoms. The fraction of sp³-hybridized carbons (Fsp3) is 0.737. The number of carbonyl (C=O) groups is 1. The topological polar surface area (TPSA) is 62.7 Å². The summed E-state index contributed by atoms with van der Waals surface area (Å²) in [5, 5.41) is 9.97. The van der Waals surface area contributed by atoms with Gasteiger partial charge in [0.2, 0.25) is 5.91 Å². The van der Waals surface area contributed by atoms with Crippen LogP contribution in [0.15, 0.2) is 11.6 Å². The lowest BCUT2D eigenvalue weighted by molar-refractivity contribution is -0.116. The van der Waals surface area contributed by atoms with Gasteiger partial charge in [0.1, 0.15) is 5.82 Å². The Hall–Kier alpha value is -1.43. The second-order valence-electron chi connectivity index (χ2n) is 8.57. The average molecular weight is 361 g/mol. The molecule has 5 nitrogen and oxygen atoms in total. The Morgan fingerprint density at radius 3 is 2.44 bits per heavy atom. The molecule has 0 atom stereocenters. The lowest BCUT2D eigenvalue weighted by Crippen LogP contribution is -2.46. The Bertz CT molecular complexity index is 724. The van der Waals surface area contributed by atoms with Crippen LogP contribution in [-0.4, -0.2) is 27.2 Å². The highest BCUT2D eigenvalue weighted by Crippen LogP contribution is 2.62. The second kappa shape index (κ2) is 6.38. The van der Waals surface area contributed by atoms with Gasteiger partial charge in [-0.1, -0.05) is 5.57 Å². The molecular formula is C19H28N4OS. The van der Waals surface area contributed by atoms with Crippen LogP contribution in [0.2, 0.25) is 0 Å². The summed E-state index contributed by atoms with van der Waals surface area (Å²) in [5.74, 6) is 3.62. The molecule has 0 unspecified atom stereocenters. The summed E-state index contributed by atoms with van der Waals surface area (Å²) in [5.41, 5.74) is 1.63. The van der Waals surface area contributed by atoms with Gasteiger partial charge in [-0.05, 0) is 80.8 Å². The minimum atomic E-state index is 0.0324. The first-order valence-electron chi connectivity index (χ1n) is 9.52. The van der Waals surface area contributed by atoms with Gasteiger partial charge in [0.05, 0.1) is 0 Å². The van der Waals surface area contributed by atoms with Gasteiger partial charge in [-0.25, -0.2) is 0 Å². The maximum atomic E-state index is 12.4. The van der Waals surface area contributed by atoms with Crippen LogP contribution in [0.3, 0.4) is 0 Å². The van der Waals surface area contributed by atoms with Crippen molar-refractivity contribution in [2.75, 3.05) is 6.54 Å². The smallest absolute Gasteiger partial charge is 0.243 e. The van der Waals surface area contributed by atoms with E-state index in [0.717, 1.165) is 23.6 Å². The third-order valence-corrected chi connectivity index (χ3v) is 7.21. The van der Waals surface area contributed by atoms with E-state index in [2.05, 4.69) is 22.4 Å². The number of rotatable bonds is 5. The summed E-state index contributed by atoms with van der Waals surface area (Å²) in [6.45, 7) is 2.76. The zero-order valence-corrected chi connectivity index (χ0v) is 16.0. The normalized spacial score (nSPS) is 33.7. The van der Waals surface area contributed by atoms with Crippen molar-refractivity contribution in [3.05, 3.63) is 22.2 Å². The average Bonchev–Trinajstić information content (AvgIpc) is 2.85. The van der Waals surface area contributed by atoms with Crippen LogP contribution in [0.1, 0.15) is 51.3 Å². The highest BCUT2D eigenvalue weighted by molar-refractivity contribution is 7.71. The van der Waals surface area contributed by atoms with E-state index in [1.165, 1.54) is 44.1 Å². The van der Waals surface area contributed by atoms with E-state index in [-0.39, 0.29) is 5.91 Å². The van der Waals surface area contributed by atoms with Gasteiger partial charge in [-0.3, -0.25) is 9.89 Å². The Labute approximate surface area is 154 Å². The van der Waals surface area contributed by atoms with Crippen molar-refractivity contribution in [3.8, 4) is 0 Å². The van der Waals surface area contributed by atoms with Gasteiger partial charge in [0.25, 0.3) is 0 Å². The lowest BCUT2D eigenvalue weighted by atomic mass is 9.48. The number of H-pyrrole nitrogens is 1. The predicted octanol–water partition coefficient (Wildman–Crippen LogP) is 3.30. The third-order valence-electron chi connectivity index (χ3n) is 6.84. The van der Waals surface area contributed by atoms with Gasteiger partial charge in [0, 0.05) is 26.1 Å². The maximum absolute atomic E-state index is 12.4. The van der Waals surface area contributed by atoms with Crippen molar-refractivity contribution in [1.29, 1.82) is 0 Å². The second-order valence-corrected chi connectivity index (χ2v) is 8.96. The molecule has 4 aliphatic rings. The number of nitrogens with one attached hydrogen (secondary N) is 2. The fourth-order valence-corrected chi connectivity index (χ4v) is 6.05. The van der Waals surface area contributed by atoms with Gasteiger partial charge in [-0.2, -0.15) is 5.10 Å². The molecule has 0 spiro atoms. The Morgan fingerprint density at radius 2 is 1.92 bits per heavy atom. The zero-order chi connectivity index (χ0) is 17.6. The lowest BCUT2D eigenvalue weighted by Gasteiger charge is -2.57. The molecule has 0 radical (unpaired) electrons. The van der Waals surface area contributed by atoms with Crippen LogP contribution >= 0.6 is 12.2 Å². The minimum absolute atomic E-state index is 0.0324. The van der Waals surface area contributed by atoms with E-state index in [9.17, 15) is 4.79 Å². The first-order chi connectivity index (χ1) is 11.9. The third kappa shape index (κ3) is 3.21. The monoisotopic (exact) mass is 360 g/mol. The van der Waals surface area contributed by atoms with Crippen molar-refractivity contribution in [2.24, 2.45) is 30.2 Å². The highest BCUT2D eigenvalue weighted by Gasteiger charge is 2.51. The van der Waals surface area contributed by atoms with Crippen molar-refractivity contribution < 1.29 is 4.79 Å². The van der Waals surface area contributed by atoms with Gasteiger partial charge < -0.3 is 9.88 Å². The number of aromatic amines is 1. The molecule has 25 heavy (non-hydrogen) atoms. The number of hydrogen-bond donors (Lipinski definition) is 2. The quantitative estimate of drug-likeness (QED) is 0.625. The molecule has 0 aliphatic heterocycles. The molecule has 1 aromatic rings. The molecule has 1 heterocycles. The maximum Gasteiger partial charge on any atom is 0.243 e. The van der Waals surface area contributed by atoms with Gasteiger partial charge >= 0.3 is 0 Å². The van der Waals surface area contributed by atoms with Crippen molar-refractivity contribution in [2.45, 2.75) is 51.9 Å². The van der Waals surface area contributed by atoms with E-state index in [1.54, 1.807) is 0 Å². The molecule has 0 saturated heterocycles. The Balaban J connectivity index is 1.36. The SMILES string of the molecule is C/C(=C/C(=O)NCCc1n[nH]c(=S)n1C)C12CC3CC(CC(C3)C1)C2. The molecular weight excluding hydrogens is 332 g/mol. The molecule has 4 fully saturated rings. The van der Waals surface area contributed by atoms with Crippen LogP contribution in [0, 0.1) is 27.9 Å². The van der Waals surface area contributed by atoms with Crippen molar-refractivity contribution >= 4 is 18.1 Å². The first-order valence-corrected chi connectivity index (χ1v) is 9.93. The number of aromatic nitrogens is 3. The summed E-state index contributed by atoms with van der Waals surface area (Å²) in [6, 6.07) is 0. The molecule has 6 heteroatoms. The van der Waals surface area contributed by atoms with E-state index >= 15 is 0 Å². The first kappa shape index (κ1) is 17.0. The minimum Gasteiger partial charge on any atom is -0.352 e. The largest absolute Gasteiger partial charge is 0.352 e. The van der Waals surface area contributed by atoms with Crippen molar-refractivity contribution in [1.82, 2.24) is 20.1 Å². The van der Waals surface area contributed by atoms with E-state index < -0.39 is 0 Å². The van der Waals surface area contributed by atoms with Crippen LogP contribution in [-0.2, 0) is 18.3 Å². The molecule has 1 amide bonds. The summed E-state index contributed by atoms with van der Waals surface area (Å²) >= 11 is 5.11. The van der Waals surface area contributed by atoms with Crippen molar-refractivity contribution in [3.63, 3.8) is 0 Å². The molecule has 5 rings (SSSR count). The van der Waals surface area contributed by atoms with Crippen LogP contribution < -0.4 is 5.32 Å². The van der Waals surface area contributed by atoms with Gasteiger partial charge in [-0.15, -0.1) is 0 Å². The standard InChI is InChI=1S/C19H28N4OS/c1-12(19-9-13-6-14(10-19)8-15(7-13)11-19)5-17(24)20-4-3-16-21-22-18(25)23(16)2/h5,13-15H,3-4,6-11H2,1-2H3,(H,20,24)(H,22,25)/b12-5-. The number of hydrogen-bond acceptors (Lipinski definition) is 3. The number of allylic oxidation sites excluding steroid dienone is 1. The molecule has 0 aromatic carbocycles. The van der Waals surface area contributed by atoms with Crippen LogP contribution in [0.5, 0.6) is 0 Å². The van der Waals surface area contributed by atoms with E-state index in [4.69, 9.17) is 12.2 Å². The van der Waals surface area contributed by atoms with Crippen LogP contribution in [0.25, 0.3) is 0 Å². The number of amides is 1.